The van der Waals surface area contributed by atoms with Gasteiger partial charge in [-0.1, -0.05) is 53.7 Å². The van der Waals surface area contributed by atoms with Crippen molar-refractivity contribution < 1.29 is 9.53 Å². The van der Waals surface area contributed by atoms with Gasteiger partial charge in [-0.15, -0.1) is 0 Å². The summed E-state index contributed by atoms with van der Waals surface area (Å²) in [6.45, 7) is 17.4. The van der Waals surface area contributed by atoms with E-state index in [0.717, 1.165) is 68.1 Å². The van der Waals surface area contributed by atoms with Gasteiger partial charge >= 0.3 is 0 Å². The van der Waals surface area contributed by atoms with E-state index in [0.29, 0.717) is 23.2 Å². The molecule has 0 fully saturated rings. The molecule has 0 aliphatic rings. The molecule has 38 heavy (non-hydrogen) atoms. The number of hydrogen-bond donors (Lipinski definition) is 0. The maximum Gasteiger partial charge on any atom is 0.272 e. The van der Waals surface area contributed by atoms with Crippen molar-refractivity contribution in [3.8, 4) is 17.0 Å². The van der Waals surface area contributed by atoms with E-state index in [1.807, 2.05) is 35.4 Å². The van der Waals surface area contributed by atoms with Crippen LogP contribution in [-0.4, -0.2) is 70.1 Å². The first-order valence-electron chi connectivity index (χ1n) is 14.0. The van der Waals surface area contributed by atoms with Crippen molar-refractivity contribution in [2.24, 2.45) is 11.8 Å². The average molecular weight is 520 g/mol. The fourth-order valence-corrected chi connectivity index (χ4v) is 4.29. The first kappa shape index (κ1) is 29.4. The summed E-state index contributed by atoms with van der Waals surface area (Å²) in [6, 6.07) is 9.68. The van der Waals surface area contributed by atoms with Crippen LogP contribution in [0.4, 0.5) is 0 Å². The van der Waals surface area contributed by atoms with E-state index < -0.39 is 0 Å². The fourth-order valence-electron chi connectivity index (χ4n) is 4.29. The van der Waals surface area contributed by atoms with Gasteiger partial charge in [0.1, 0.15) is 17.1 Å². The summed E-state index contributed by atoms with van der Waals surface area (Å²) in [5.41, 5.74) is 3.86. The van der Waals surface area contributed by atoms with Gasteiger partial charge in [-0.3, -0.25) is 4.79 Å². The number of methoxy groups -OCH3 is 1. The van der Waals surface area contributed by atoms with E-state index in [4.69, 9.17) is 14.8 Å². The predicted octanol–water partition coefficient (Wildman–Crippen LogP) is 6.29. The Kier molecular flexibility index (Phi) is 10.9. The SMILES string of the molecule is CCN(CC)C/C=C/c1c(-c2ccc(OC)cc2)nn2ccc(C(=O)N(CCC(C)C)CCC(C)C)nc12. The highest BCUT2D eigenvalue weighted by atomic mass is 16.5. The van der Waals surface area contributed by atoms with Gasteiger partial charge in [-0.2, -0.15) is 5.10 Å². The summed E-state index contributed by atoms with van der Waals surface area (Å²) in [6.07, 6.45) is 8.05. The van der Waals surface area contributed by atoms with E-state index in [2.05, 4.69) is 58.6 Å². The lowest BCUT2D eigenvalue weighted by molar-refractivity contribution is 0.0735. The van der Waals surface area contributed by atoms with Crippen LogP contribution in [0.1, 0.15) is 70.4 Å². The van der Waals surface area contributed by atoms with Gasteiger partial charge in [0.25, 0.3) is 5.91 Å². The number of fused-ring (bicyclic) bond motifs is 1. The lowest BCUT2D eigenvalue weighted by Gasteiger charge is -2.24. The summed E-state index contributed by atoms with van der Waals surface area (Å²) in [7, 11) is 1.66. The Morgan fingerprint density at radius 2 is 1.63 bits per heavy atom. The molecule has 0 saturated carbocycles. The maximum atomic E-state index is 13.6. The van der Waals surface area contributed by atoms with Crippen molar-refractivity contribution in [2.45, 2.75) is 54.4 Å². The van der Waals surface area contributed by atoms with Crippen molar-refractivity contribution in [1.29, 1.82) is 0 Å². The van der Waals surface area contributed by atoms with E-state index in [1.54, 1.807) is 17.7 Å². The van der Waals surface area contributed by atoms with Crippen LogP contribution in [0, 0.1) is 11.8 Å². The van der Waals surface area contributed by atoms with Crippen molar-refractivity contribution in [3.05, 3.63) is 53.9 Å². The van der Waals surface area contributed by atoms with Crippen molar-refractivity contribution in [3.63, 3.8) is 0 Å². The van der Waals surface area contributed by atoms with Crippen LogP contribution < -0.4 is 4.74 Å². The van der Waals surface area contributed by atoms with Crippen molar-refractivity contribution in [1.82, 2.24) is 24.4 Å². The number of ether oxygens (including phenoxy) is 1. The number of hydrogen-bond acceptors (Lipinski definition) is 5. The molecule has 0 atom stereocenters. The quantitative estimate of drug-likeness (QED) is 0.250. The Bertz CT molecular complexity index is 1180. The smallest absolute Gasteiger partial charge is 0.272 e. The Hall–Kier alpha value is -3.19. The van der Waals surface area contributed by atoms with Crippen LogP contribution in [0.3, 0.4) is 0 Å². The highest BCUT2D eigenvalue weighted by Gasteiger charge is 2.21. The highest BCUT2D eigenvalue weighted by molar-refractivity contribution is 5.93. The molecule has 0 aliphatic heterocycles. The number of likely N-dealkylation sites (N-methyl/N-ethyl adjacent to an activating group) is 1. The zero-order valence-corrected chi connectivity index (χ0v) is 24.3. The Balaban J connectivity index is 2.03. The average Bonchev–Trinajstić information content (AvgIpc) is 3.28. The predicted molar refractivity (Wildman–Crippen MR) is 157 cm³/mol. The third-order valence-corrected chi connectivity index (χ3v) is 6.89. The molecule has 0 unspecified atom stereocenters. The van der Waals surface area contributed by atoms with Gasteiger partial charge in [-0.05, 0) is 68.1 Å². The fraction of sp³-hybridized carbons (Fsp3) is 0.516. The maximum absolute atomic E-state index is 13.6. The number of nitrogens with zero attached hydrogens (tertiary/aromatic N) is 5. The number of carbonyl (C=O) groups is 1. The van der Waals surface area contributed by atoms with Crippen LogP contribution in [0.2, 0.25) is 0 Å². The van der Waals surface area contributed by atoms with E-state index in [9.17, 15) is 4.79 Å². The minimum atomic E-state index is -0.0148. The molecule has 0 bridgehead atoms. The van der Waals surface area contributed by atoms with Crippen LogP contribution in [0.15, 0.2) is 42.6 Å². The van der Waals surface area contributed by atoms with Crippen LogP contribution >= 0.6 is 0 Å². The van der Waals surface area contributed by atoms with Gasteiger partial charge in [0.05, 0.1) is 7.11 Å². The first-order valence-corrected chi connectivity index (χ1v) is 14.0. The summed E-state index contributed by atoms with van der Waals surface area (Å²) in [5, 5.41) is 4.86. The Labute approximate surface area is 228 Å². The Morgan fingerprint density at radius 3 is 2.18 bits per heavy atom. The molecule has 3 aromatic rings. The van der Waals surface area contributed by atoms with Crippen LogP contribution in [0.5, 0.6) is 5.75 Å². The van der Waals surface area contributed by atoms with E-state index in [-0.39, 0.29) is 5.91 Å². The number of benzene rings is 1. The van der Waals surface area contributed by atoms with Crippen LogP contribution in [0.25, 0.3) is 23.0 Å². The molecule has 0 aliphatic carbocycles. The molecule has 206 valence electrons. The molecule has 0 saturated heterocycles. The highest BCUT2D eigenvalue weighted by Crippen LogP contribution is 2.28. The van der Waals surface area contributed by atoms with Gasteiger partial charge < -0.3 is 14.5 Å². The molecule has 1 aromatic carbocycles. The van der Waals surface area contributed by atoms with Gasteiger partial charge in [0.15, 0.2) is 5.65 Å². The van der Waals surface area contributed by atoms with E-state index in [1.165, 1.54) is 0 Å². The zero-order chi connectivity index (χ0) is 27.7. The molecule has 0 spiro atoms. The normalized spacial score (nSPS) is 11.9. The third-order valence-electron chi connectivity index (χ3n) is 6.89. The summed E-state index contributed by atoms with van der Waals surface area (Å²) in [5.74, 6) is 1.84. The molecule has 0 N–H and O–H groups in total. The van der Waals surface area contributed by atoms with E-state index >= 15 is 0 Å². The van der Waals surface area contributed by atoms with Crippen molar-refractivity contribution >= 4 is 17.6 Å². The molecule has 0 radical (unpaired) electrons. The van der Waals surface area contributed by atoms with Crippen molar-refractivity contribution in [2.75, 3.05) is 39.8 Å². The molecular weight excluding hydrogens is 474 g/mol. The lowest BCUT2D eigenvalue weighted by atomic mass is 10.1. The molecule has 3 rings (SSSR count). The monoisotopic (exact) mass is 519 g/mol. The number of rotatable bonds is 14. The standard InChI is InChI=1S/C31H45N5O2/c1-8-34(9-2)19-10-11-27-29(25-12-14-26(38-7)15-13-25)33-36-22-18-28(32-30(27)36)31(37)35(20-16-23(3)4)21-17-24(5)6/h10-15,18,22-24H,8-9,16-17,19-21H2,1-7H3/b11-10+. The lowest BCUT2D eigenvalue weighted by Crippen LogP contribution is -2.34. The van der Waals surface area contributed by atoms with Gasteiger partial charge in [-0.25, -0.2) is 9.50 Å². The van der Waals surface area contributed by atoms with Crippen LogP contribution in [-0.2, 0) is 0 Å². The summed E-state index contributed by atoms with van der Waals surface area (Å²) < 4.78 is 7.12. The van der Waals surface area contributed by atoms with Gasteiger partial charge in [0.2, 0.25) is 0 Å². The Morgan fingerprint density at radius 1 is 1.00 bits per heavy atom. The largest absolute Gasteiger partial charge is 0.497 e. The molecule has 2 heterocycles. The number of aromatic nitrogens is 3. The molecule has 1 amide bonds. The second-order valence-electron chi connectivity index (χ2n) is 10.6. The minimum absolute atomic E-state index is 0.0148. The van der Waals surface area contributed by atoms with Gasteiger partial charge in [0, 0.05) is 37.0 Å². The number of carbonyl (C=O) groups excluding carboxylic acids is 1. The second-order valence-corrected chi connectivity index (χ2v) is 10.6. The third kappa shape index (κ3) is 7.67. The topological polar surface area (TPSA) is 63.0 Å². The second kappa shape index (κ2) is 14.1. The molecular formula is C31H45N5O2. The molecule has 2 aromatic heterocycles. The molecule has 7 nitrogen and oxygen atoms in total. The number of amides is 1. The summed E-state index contributed by atoms with van der Waals surface area (Å²) >= 11 is 0. The minimum Gasteiger partial charge on any atom is -0.497 e. The first-order chi connectivity index (χ1) is 18.3. The zero-order valence-electron chi connectivity index (χ0n) is 24.3. The summed E-state index contributed by atoms with van der Waals surface area (Å²) in [4.78, 5) is 22.9. The molecule has 7 heteroatoms.